The Morgan fingerprint density at radius 2 is 1.88 bits per heavy atom. The molecule has 0 fully saturated rings. The lowest BCUT2D eigenvalue weighted by Gasteiger charge is -2.07. The highest BCUT2D eigenvalue weighted by Crippen LogP contribution is 2.26. The summed E-state index contributed by atoms with van der Waals surface area (Å²) < 4.78 is 0. The van der Waals surface area contributed by atoms with Gasteiger partial charge in [-0.3, -0.25) is 14.9 Å². The average Bonchev–Trinajstić information content (AvgIpc) is 2.99. The smallest absolute Gasteiger partial charge is 0.258 e. The van der Waals surface area contributed by atoms with Crippen LogP contribution in [0.5, 0.6) is 0 Å². The number of H-pyrrole nitrogens is 1. The minimum Gasteiger partial charge on any atom is -0.305 e. The van der Waals surface area contributed by atoms with E-state index in [1.165, 1.54) is 23.5 Å². The second kappa shape index (κ2) is 6.45. The van der Waals surface area contributed by atoms with E-state index in [2.05, 4.69) is 53.4 Å². The van der Waals surface area contributed by atoms with Crippen LogP contribution in [0.25, 0.3) is 11.3 Å². The first-order valence-corrected chi connectivity index (χ1v) is 7.88. The number of aryl methyl sites for hydroxylation is 3. The summed E-state index contributed by atoms with van der Waals surface area (Å²) in [5, 5.41) is 10.2. The molecule has 0 saturated carbocycles. The Labute approximate surface area is 145 Å². The quantitative estimate of drug-likeness (QED) is 0.746. The molecule has 1 amide bonds. The molecule has 5 nitrogen and oxygen atoms in total. The molecule has 3 aromatic rings. The third kappa shape index (κ3) is 3.16. The van der Waals surface area contributed by atoms with Crippen molar-refractivity contribution in [3.63, 3.8) is 0 Å². The van der Waals surface area contributed by atoms with Crippen LogP contribution in [0.4, 0.5) is 5.82 Å². The Balaban J connectivity index is 1.85. The van der Waals surface area contributed by atoms with Gasteiger partial charge in [0.15, 0.2) is 5.82 Å². The molecule has 24 heavy (non-hydrogen) atoms. The summed E-state index contributed by atoms with van der Waals surface area (Å²) in [6, 6.07) is 7.63. The van der Waals surface area contributed by atoms with E-state index >= 15 is 0 Å². The van der Waals surface area contributed by atoms with Crippen molar-refractivity contribution in [2.75, 3.05) is 5.32 Å². The zero-order valence-electron chi connectivity index (χ0n) is 13.6. The molecule has 0 saturated heterocycles. The molecule has 0 aliphatic heterocycles. The second-order valence-corrected chi connectivity index (χ2v) is 6.14. The van der Waals surface area contributed by atoms with Gasteiger partial charge in [-0.25, -0.2) is 0 Å². The molecule has 6 heteroatoms. The maximum Gasteiger partial charge on any atom is 0.258 e. The van der Waals surface area contributed by atoms with Gasteiger partial charge in [0.25, 0.3) is 5.91 Å². The first kappa shape index (κ1) is 16.2. The third-order valence-corrected chi connectivity index (χ3v) is 4.27. The van der Waals surface area contributed by atoms with Crippen LogP contribution >= 0.6 is 11.6 Å². The monoisotopic (exact) mass is 340 g/mol. The molecule has 0 bridgehead atoms. The van der Waals surface area contributed by atoms with Gasteiger partial charge in [0.1, 0.15) is 0 Å². The predicted octanol–water partition coefficient (Wildman–Crippen LogP) is 4.30. The lowest BCUT2D eigenvalue weighted by Crippen LogP contribution is -2.12. The lowest BCUT2D eigenvalue weighted by atomic mass is 9.99. The van der Waals surface area contributed by atoms with Crippen molar-refractivity contribution in [3.05, 3.63) is 63.9 Å². The van der Waals surface area contributed by atoms with Crippen LogP contribution in [0.3, 0.4) is 0 Å². The van der Waals surface area contributed by atoms with Crippen LogP contribution in [0.2, 0.25) is 5.02 Å². The van der Waals surface area contributed by atoms with Crippen molar-refractivity contribution in [1.29, 1.82) is 0 Å². The van der Waals surface area contributed by atoms with E-state index in [1.807, 2.05) is 6.07 Å². The molecule has 2 aromatic heterocycles. The molecule has 0 atom stereocenters. The number of hydrogen-bond donors (Lipinski definition) is 2. The first-order chi connectivity index (χ1) is 11.5. The number of amides is 1. The van der Waals surface area contributed by atoms with E-state index in [0.717, 1.165) is 16.8 Å². The summed E-state index contributed by atoms with van der Waals surface area (Å²) in [5.41, 5.74) is 5.88. The van der Waals surface area contributed by atoms with Gasteiger partial charge in [0.05, 0.1) is 16.3 Å². The largest absolute Gasteiger partial charge is 0.305 e. The zero-order valence-corrected chi connectivity index (χ0v) is 14.4. The van der Waals surface area contributed by atoms with Crippen molar-refractivity contribution >= 4 is 23.3 Å². The van der Waals surface area contributed by atoms with E-state index in [0.29, 0.717) is 16.4 Å². The Morgan fingerprint density at radius 3 is 2.62 bits per heavy atom. The molecule has 0 aliphatic rings. The zero-order chi connectivity index (χ0) is 17.3. The van der Waals surface area contributed by atoms with Gasteiger partial charge in [-0.15, -0.1) is 0 Å². The minimum absolute atomic E-state index is 0.302. The van der Waals surface area contributed by atoms with Gasteiger partial charge >= 0.3 is 0 Å². The van der Waals surface area contributed by atoms with E-state index in [4.69, 9.17) is 11.6 Å². The number of rotatable bonds is 3. The Morgan fingerprint density at radius 1 is 1.12 bits per heavy atom. The molecule has 1 aromatic carbocycles. The van der Waals surface area contributed by atoms with Crippen molar-refractivity contribution < 1.29 is 4.79 Å². The number of anilines is 1. The van der Waals surface area contributed by atoms with Crippen LogP contribution in [-0.4, -0.2) is 21.1 Å². The SMILES string of the molecule is Cc1cc(C)c(-c2cc(NC(=O)c3ccncc3Cl)n[nH]2)cc1C. The van der Waals surface area contributed by atoms with Gasteiger partial charge in [-0.1, -0.05) is 17.7 Å². The number of aromatic amines is 1. The predicted molar refractivity (Wildman–Crippen MR) is 95.4 cm³/mol. The maximum absolute atomic E-state index is 12.3. The highest BCUT2D eigenvalue weighted by atomic mass is 35.5. The number of halogens is 1. The van der Waals surface area contributed by atoms with Gasteiger partial charge in [0, 0.05) is 24.0 Å². The molecule has 2 heterocycles. The minimum atomic E-state index is -0.322. The van der Waals surface area contributed by atoms with Crippen molar-refractivity contribution in [2.45, 2.75) is 20.8 Å². The molecule has 0 radical (unpaired) electrons. The van der Waals surface area contributed by atoms with Crippen LogP contribution in [0.15, 0.2) is 36.7 Å². The van der Waals surface area contributed by atoms with Crippen molar-refractivity contribution in [2.24, 2.45) is 0 Å². The summed E-state index contributed by atoms with van der Waals surface area (Å²) in [7, 11) is 0. The summed E-state index contributed by atoms with van der Waals surface area (Å²) in [5.74, 6) is 0.123. The van der Waals surface area contributed by atoms with Crippen LogP contribution < -0.4 is 5.32 Å². The number of pyridine rings is 1. The molecule has 0 unspecified atom stereocenters. The molecular weight excluding hydrogens is 324 g/mol. The summed E-state index contributed by atoms with van der Waals surface area (Å²) in [6.07, 6.45) is 2.96. The normalized spacial score (nSPS) is 10.7. The third-order valence-electron chi connectivity index (χ3n) is 3.97. The molecule has 3 rings (SSSR count). The van der Waals surface area contributed by atoms with E-state index in [9.17, 15) is 4.79 Å². The summed E-state index contributed by atoms with van der Waals surface area (Å²) in [6.45, 7) is 6.21. The maximum atomic E-state index is 12.3. The molecular formula is C18H17ClN4O. The van der Waals surface area contributed by atoms with Gasteiger partial charge in [0.2, 0.25) is 0 Å². The molecule has 122 valence electrons. The number of carbonyl (C=O) groups excluding carboxylic acids is 1. The second-order valence-electron chi connectivity index (χ2n) is 5.73. The number of carbonyl (C=O) groups is 1. The fraction of sp³-hybridized carbons (Fsp3) is 0.167. The Hall–Kier alpha value is -2.66. The first-order valence-electron chi connectivity index (χ1n) is 7.50. The summed E-state index contributed by atoms with van der Waals surface area (Å²) >= 11 is 5.99. The molecule has 2 N–H and O–H groups in total. The van der Waals surface area contributed by atoms with Crippen molar-refractivity contribution in [3.8, 4) is 11.3 Å². The number of aromatic nitrogens is 3. The number of nitrogens with zero attached hydrogens (tertiary/aromatic N) is 2. The lowest BCUT2D eigenvalue weighted by molar-refractivity contribution is 0.102. The van der Waals surface area contributed by atoms with Gasteiger partial charge < -0.3 is 5.32 Å². The highest BCUT2D eigenvalue weighted by molar-refractivity contribution is 6.34. The summed E-state index contributed by atoms with van der Waals surface area (Å²) in [4.78, 5) is 16.1. The van der Waals surface area contributed by atoms with E-state index < -0.39 is 0 Å². The van der Waals surface area contributed by atoms with Gasteiger partial charge in [-0.2, -0.15) is 5.10 Å². The van der Waals surface area contributed by atoms with Gasteiger partial charge in [-0.05, 0) is 49.6 Å². The topological polar surface area (TPSA) is 70.7 Å². The highest BCUT2D eigenvalue weighted by Gasteiger charge is 2.13. The van der Waals surface area contributed by atoms with Crippen LogP contribution in [0, 0.1) is 20.8 Å². The molecule has 0 aliphatic carbocycles. The molecule has 0 spiro atoms. The van der Waals surface area contributed by atoms with Crippen LogP contribution in [0.1, 0.15) is 27.0 Å². The van der Waals surface area contributed by atoms with E-state index in [-0.39, 0.29) is 5.91 Å². The number of nitrogens with one attached hydrogen (secondary N) is 2. The fourth-order valence-electron chi connectivity index (χ4n) is 2.52. The number of hydrogen-bond acceptors (Lipinski definition) is 3. The fourth-order valence-corrected chi connectivity index (χ4v) is 2.72. The van der Waals surface area contributed by atoms with Crippen LogP contribution in [-0.2, 0) is 0 Å². The average molecular weight is 341 g/mol. The van der Waals surface area contributed by atoms with E-state index in [1.54, 1.807) is 6.07 Å². The van der Waals surface area contributed by atoms with Crippen molar-refractivity contribution in [1.82, 2.24) is 15.2 Å². The Kier molecular flexibility index (Phi) is 4.36. The standard InChI is InChI=1S/C18H17ClN4O/c1-10-6-12(3)14(7-11(10)2)16-8-17(23-22-16)21-18(24)13-4-5-20-9-15(13)19/h4-9H,1-3H3,(H2,21,22,23,24). The Bertz CT molecular complexity index is 917. The number of benzene rings is 1.